The molecule has 23 heavy (non-hydrogen) atoms. The van der Waals surface area contributed by atoms with Crippen molar-refractivity contribution in [2.75, 3.05) is 12.0 Å². The van der Waals surface area contributed by atoms with Crippen LogP contribution in [0.25, 0.3) is 0 Å². The summed E-state index contributed by atoms with van der Waals surface area (Å²) >= 11 is 0. The fraction of sp³-hybridized carbons (Fsp3) is 0.333. The third-order valence-electron chi connectivity index (χ3n) is 3.30. The van der Waals surface area contributed by atoms with Gasteiger partial charge in [0.15, 0.2) is 17.4 Å². The van der Waals surface area contributed by atoms with E-state index in [1.807, 2.05) is 44.2 Å². The minimum atomic E-state index is -0.676. The summed E-state index contributed by atoms with van der Waals surface area (Å²) in [7, 11) is 0. The molecule has 124 valence electrons. The summed E-state index contributed by atoms with van der Waals surface area (Å²) in [5, 5.41) is 0. The highest BCUT2D eigenvalue weighted by Crippen LogP contribution is 2.24. The van der Waals surface area contributed by atoms with E-state index in [1.54, 1.807) is 0 Å². The fourth-order valence-corrected chi connectivity index (χ4v) is 2.02. The number of ether oxygens (including phenoxy) is 1. The van der Waals surface area contributed by atoms with Crippen LogP contribution >= 0.6 is 0 Å². The van der Waals surface area contributed by atoms with Crippen molar-refractivity contribution in [3.63, 3.8) is 0 Å². The Labute approximate surface area is 135 Å². The molecule has 0 aliphatic rings. The maximum Gasteiger partial charge on any atom is 0.190 e. The molecule has 0 radical (unpaired) electrons. The van der Waals surface area contributed by atoms with Gasteiger partial charge in [0.2, 0.25) is 0 Å². The SMILES string of the molecule is CC(C)CCOc1c(F)cc(CNNc2ccccc2)cc1F. The predicted molar refractivity (Wildman–Crippen MR) is 88.2 cm³/mol. The number of hydrogen-bond donors (Lipinski definition) is 2. The van der Waals surface area contributed by atoms with Crippen molar-refractivity contribution in [3.8, 4) is 5.75 Å². The van der Waals surface area contributed by atoms with E-state index in [2.05, 4.69) is 10.9 Å². The first kappa shape index (κ1) is 17.2. The van der Waals surface area contributed by atoms with Gasteiger partial charge in [0.05, 0.1) is 6.61 Å². The molecule has 0 bridgehead atoms. The Morgan fingerprint density at radius 1 is 1.04 bits per heavy atom. The molecule has 0 saturated heterocycles. The monoisotopic (exact) mass is 320 g/mol. The summed E-state index contributed by atoms with van der Waals surface area (Å²) in [6, 6.07) is 12.0. The predicted octanol–water partition coefficient (Wildman–Crippen LogP) is 4.51. The van der Waals surface area contributed by atoms with Crippen LogP contribution in [-0.2, 0) is 6.54 Å². The largest absolute Gasteiger partial charge is 0.488 e. The summed E-state index contributed by atoms with van der Waals surface area (Å²) in [6.45, 7) is 4.66. The van der Waals surface area contributed by atoms with Gasteiger partial charge in [-0.25, -0.2) is 14.2 Å². The minimum absolute atomic E-state index is 0.287. The van der Waals surface area contributed by atoms with Crippen LogP contribution in [0, 0.1) is 17.6 Å². The molecule has 0 aliphatic heterocycles. The van der Waals surface area contributed by atoms with E-state index in [0.29, 0.717) is 18.1 Å². The molecule has 0 heterocycles. The lowest BCUT2D eigenvalue weighted by molar-refractivity contribution is 0.263. The molecule has 2 N–H and O–H groups in total. The standard InChI is InChI=1S/C18H22F2N2O/c1-13(2)8-9-23-18-16(19)10-14(11-17(18)20)12-21-22-15-6-4-3-5-7-15/h3-7,10-11,13,21-22H,8-9,12H2,1-2H3. The van der Waals surface area contributed by atoms with Gasteiger partial charge in [-0.15, -0.1) is 0 Å². The smallest absolute Gasteiger partial charge is 0.190 e. The van der Waals surface area contributed by atoms with Gasteiger partial charge in [0, 0.05) is 12.2 Å². The van der Waals surface area contributed by atoms with Crippen LogP contribution in [0.3, 0.4) is 0 Å². The molecule has 0 saturated carbocycles. The van der Waals surface area contributed by atoms with Crippen molar-refractivity contribution in [3.05, 3.63) is 59.7 Å². The fourth-order valence-electron chi connectivity index (χ4n) is 2.02. The quantitative estimate of drug-likeness (QED) is 0.702. The average molecular weight is 320 g/mol. The lowest BCUT2D eigenvalue weighted by Gasteiger charge is -2.12. The summed E-state index contributed by atoms with van der Waals surface area (Å²) < 4.78 is 33.2. The molecule has 0 atom stereocenters. The highest BCUT2D eigenvalue weighted by molar-refractivity contribution is 5.41. The molecule has 2 aromatic rings. The van der Waals surface area contributed by atoms with Crippen LogP contribution in [0.15, 0.2) is 42.5 Å². The van der Waals surface area contributed by atoms with Gasteiger partial charge < -0.3 is 10.2 Å². The van der Waals surface area contributed by atoms with E-state index in [9.17, 15) is 8.78 Å². The number of benzene rings is 2. The number of nitrogens with one attached hydrogen (secondary N) is 2. The van der Waals surface area contributed by atoms with Crippen LogP contribution in [0.4, 0.5) is 14.5 Å². The molecule has 2 rings (SSSR count). The van der Waals surface area contributed by atoms with E-state index < -0.39 is 11.6 Å². The molecule has 5 heteroatoms. The van der Waals surface area contributed by atoms with Gasteiger partial charge in [0.1, 0.15) is 0 Å². The molecule has 0 aromatic heterocycles. The van der Waals surface area contributed by atoms with Crippen molar-refractivity contribution < 1.29 is 13.5 Å². The summed E-state index contributed by atoms with van der Waals surface area (Å²) in [4.78, 5) is 0. The second-order valence-corrected chi connectivity index (χ2v) is 5.76. The zero-order valence-electron chi connectivity index (χ0n) is 13.4. The minimum Gasteiger partial charge on any atom is -0.488 e. The van der Waals surface area contributed by atoms with Gasteiger partial charge in [-0.3, -0.25) is 0 Å². The van der Waals surface area contributed by atoms with Gasteiger partial charge in [-0.05, 0) is 42.2 Å². The molecule has 0 fully saturated rings. The van der Waals surface area contributed by atoms with Gasteiger partial charge >= 0.3 is 0 Å². The van der Waals surface area contributed by atoms with Crippen LogP contribution in [0.5, 0.6) is 5.75 Å². The molecular weight excluding hydrogens is 298 g/mol. The molecular formula is C18H22F2N2O. The second kappa shape index (κ2) is 8.48. The third kappa shape index (κ3) is 5.53. The third-order valence-corrected chi connectivity index (χ3v) is 3.30. The van der Waals surface area contributed by atoms with Crippen LogP contribution < -0.4 is 15.6 Å². The Morgan fingerprint density at radius 2 is 1.70 bits per heavy atom. The van der Waals surface area contributed by atoms with E-state index in [0.717, 1.165) is 12.1 Å². The topological polar surface area (TPSA) is 33.3 Å². The maximum atomic E-state index is 14.0. The first-order valence-electron chi connectivity index (χ1n) is 7.71. The molecule has 0 amide bonds. The zero-order valence-corrected chi connectivity index (χ0v) is 13.4. The normalized spacial score (nSPS) is 10.8. The van der Waals surface area contributed by atoms with Crippen molar-refractivity contribution >= 4 is 5.69 Å². The van der Waals surface area contributed by atoms with E-state index in [1.165, 1.54) is 12.1 Å². The number of hydrogen-bond acceptors (Lipinski definition) is 3. The van der Waals surface area contributed by atoms with Crippen LogP contribution in [-0.4, -0.2) is 6.61 Å². The van der Waals surface area contributed by atoms with E-state index in [4.69, 9.17) is 4.74 Å². The number of para-hydroxylation sites is 1. The Hall–Kier alpha value is -2.14. The van der Waals surface area contributed by atoms with Crippen molar-refractivity contribution in [2.45, 2.75) is 26.8 Å². The first-order valence-corrected chi connectivity index (χ1v) is 7.71. The van der Waals surface area contributed by atoms with Crippen LogP contribution in [0.2, 0.25) is 0 Å². The van der Waals surface area contributed by atoms with Crippen LogP contribution in [0.1, 0.15) is 25.8 Å². The first-order chi connectivity index (χ1) is 11.1. The number of anilines is 1. The van der Waals surface area contributed by atoms with Crippen molar-refractivity contribution in [2.24, 2.45) is 5.92 Å². The average Bonchev–Trinajstić information content (AvgIpc) is 2.51. The number of rotatable bonds is 8. The Bertz CT molecular complexity index is 595. The summed E-state index contributed by atoms with van der Waals surface area (Å²) in [6.07, 6.45) is 0.753. The van der Waals surface area contributed by atoms with Gasteiger partial charge in [-0.2, -0.15) is 0 Å². The molecule has 2 aromatic carbocycles. The summed E-state index contributed by atoms with van der Waals surface area (Å²) in [5.41, 5.74) is 7.27. The Kier molecular flexibility index (Phi) is 6.35. The maximum absolute atomic E-state index is 14.0. The zero-order chi connectivity index (χ0) is 16.7. The Morgan fingerprint density at radius 3 is 2.30 bits per heavy atom. The van der Waals surface area contributed by atoms with Crippen molar-refractivity contribution in [1.29, 1.82) is 0 Å². The lowest BCUT2D eigenvalue weighted by atomic mass is 10.1. The molecule has 0 spiro atoms. The number of hydrazine groups is 1. The molecule has 3 nitrogen and oxygen atoms in total. The van der Waals surface area contributed by atoms with E-state index >= 15 is 0 Å². The van der Waals surface area contributed by atoms with Crippen molar-refractivity contribution in [1.82, 2.24) is 5.43 Å². The van der Waals surface area contributed by atoms with Gasteiger partial charge in [-0.1, -0.05) is 32.0 Å². The second-order valence-electron chi connectivity index (χ2n) is 5.76. The molecule has 0 unspecified atom stereocenters. The Balaban J connectivity index is 1.91. The highest BCUT2D eigenvalue weighted by atomic mass is 19.1. The highest BCUT2D eigenvalue weighted by Gasteiger charge is 2.13. The lowest BCUT2D eigenvalue weighted by Crippen LogP contribution is -2.21. The number of halogens is 2. The van der Waals surface area contributed by atoms with E-state index in [-0.39, 0.29) is 12.3 Å². The summed E-state index contributed by atoms with van der Waals surface area (Å²) in [5.74, 6) is -1.23. The van der Waals surface area contributed by atoms with Gasteiger partial charge in [0.25, 0.3) is 0 Å². The molecule has 0 aliphatic carbocycles.